The van der Waals surface area contributed by atoms with Crippen LogP contribution in [0.1, 0.15) is 41.6 Å². The molecule has 3 aromatic rings. The average Bonchev–Trinajstić information content (AvgIpc) is 2.93. The maximum Gasteiger partial charge on any atom is 0.146 e. The van der Waals surface area contributed by atoms with E-state index in [-0.39, 0.29) is 6.04 Å². The van der Waals surface area contributed by atoms with Crippen molar-refractivity contribution in [2.75, 3.05) is 5.73 Å². The van der Waals surface area contributed by atoms with Gasteiger partial charge in [-0.1, -0.05) is 0 Å². The van der Waals surface area contributed by atoms with Crippen molar-refractivity contribution in [1.29, 1.82) is 0 Å². The van der Waals surface area contributed by atoms with E-state index in [2.05, 4.69) is 35.3 Å². The summed E-state index contributed by atoms with van der Waals surface area (Å²) < 4.78 is 7.95. The highest BCUT2D eigenvalue weighted by Crippen LogP contribution is 2.33. The van der Waals surface area contributed by atoms with Gasteiger partial charge in [-0.2, -0.15) is 0 Å². The van der Waals surface area contributed by atoms with Crippen LogP contribution >= 0.6 is 0 Å². The Morgan fingerprint density at radius 3 is 2.48 bits per heavy atom. The number of anilines is 1. The largest absolute Gasteiger partial charge is 0.464 e. The minimum absolute atomic E-state index is 0.0589. The molecule has 0 saturated carbocycles. The van der Waals surface area contributed by atoms with Gasteiger partial charge in [0.1, 0.15) is 28.8 Å². The van der Waals surface area contributed by atoms with Gasteiger partial charge in [0, 0.05) is 5.69 Å². The highest BCUT2D eigenvalue weighted by Gasteiger charge is 2.22. The van der Waals surface area contributed by atoms with Crippen LogP contribution < -0.4 is 5.73 Å². The van der Waals surface area contributed by atoms with Crippen molar-refractivity contribution in [3.8, 4) is 0 Å². The van der Waals surface area contributed by atoms with E-state index in [1.54, 1.807) is 0 Å². The first kappa shape index (κ1) is 13.7. The molecule has 0 aromatic carbocycles. The van der Waals surface area contributed by atoms with E-state index >= 15 is 0 Å². The normalized spacial score (nSPS) is 13.0. The lowest BCUT2D eigenvalue weighted by molar-refractivity contribution is 0.430. The molecule has 0 spiro atoms. The third-order valence-electron chi connectivity index (χ3n) is 4.10. The number of nitrogen functional groups attached to an aromatic ring is 1. The first-order valence-corrected chi connectivity index (χ1v) is 7.07. The maximum absolute atomic E-state index is 6.10. The van der Waals surface area contributed by atoms with E-state index in [0.717, 1.165) is 33.8 Å². The van der Waals surface area contributed by atoms with E-state index in [9.17, 15) is 0 Å². The smallest absolute Gasteiger partial charge is 0.146 e. The van der Waals surface area contributed by atoms with Crippen LogP contribution in [0.25, 0.3) is 11.0 Å². The van der Waals surface area contributed by atoms with Gasteiger partial charge in [0.25, 0.3) is 0 Å². The van der Waals surface area contributed by atoms with E-state index in [4.69, 9.17) is 10.2 Å². The Bertz CT molecular complexity index is 829. The third-order valence-corrected chi connectivity index (χ3v) is 4.10. The van der Waals surface area contributed by atoms with Gasteiger partial charge in [-0.15, -0.1) is 0 Å². The second kappa shape index (κ2) is 4.62. The quantitative estimate of drug-likeness (QED) is 0.782. The highest BCUT2D eigenvalue weighted by molar-refractivity contribution is 5.91. The molecule has 0 amide bonds. The average molecular weight is 284 g/mol. The Kier molecular flexibility index (Phi) is 3.01. The van der Waals surface area contributed by atoms with Gasteiger partial charge in [0.15, 0.2) is 0 Å². The summed E-state index contributed by atoms with van der Waals surface area (Å²) in [6.07, 6.45) is 0. The Hall–Kier alpha value is -2.30. The number of furan rings is 1. The van der Waals surface area contributed by atoms with E-state index in [0.29, 0.717) is 11.6 Å². The lowest BCUT2D eigenvalue weighted by atomic mass is 10.2. The van der Waals surface area contributed by atoms with Crippen LogP contribution in [0.5, 0.6) is 0 Å². The minimum atomic E-state index is 0.0589. The van der Waals surface area contributed by atoms with Crippen LogP contribution in [0.15, 0.2) is 16.5 Å². The van der Waals surface area contributed by atoms with Crippen molar-refractivity contribution in [2.24, 2.45) is 0 Å². The molecule has 1 unspecified atom stereocenters. The summed E-state index contributed by atoms with van der Waals surface area (Å²) in [5, 5.41) is 0.938. The number of hydrogen-bond acceptors (Lipinski definition) is 4. The Labute approximate surface area is 123 Å². The van der Waals surface area contributed by atoms with Crippen LogP contribution in [-0.4, -0.2) is 14.5 Å². The predicted molar refractivity (Wildman–Crippen MR) is 83.4 cm³/mol. The maximum atomic E-state index is 6.10. The molecule has 0 fully saturated rings. The summed E-state index contributed by atoms with van der Waals surface area (Å²) >= 11 is 0. The molecule has 0 aliphatic heterocycles. The fourth-order valence-corrected chi connectivity index (χ4v) is 2.91. The number of aromatic nitrogens is 3. The van der Waals surface area contributed by atoms with Crippen molar-refractivity contribution in [1.82, 2.24) is 14.5 Å². The molecule has 1 atom stereocenters. The predicted octanol–water partition coefficient (Wildman–Crippen LogP) is 3.45. The third kappa shape index (κ3) is 2.00. The Morgan fingerprint density at radius 1 is 1.14 bits per heavy atom. The number of nitrogens with two attached hydrogens (primary N) is 1. The molecule has 3 aromatic heterocycles. The van der Waals surface area contributed by atoms with Crippen molar-refractivity contribution in [3.63, 3.8) is 0 Å². The van der Waals surface area contributed by atoms with Gasteiger partial charge in [-0.3, -0.25) is 0 Å². The second-order valence-electron chi connectivity index (χ2n) is 5.56. The lowest BCUT2D eigenvalue weighted by Crippen LogP contribution is -2.09. The lowest BCUT2D eigenvalue weighted by Gasteiger charge is -2.15. The zero-order chi connectivity index (χ0) is 15.3. The molecule has 0 saturated heterocycles. The zero-order valence-electron chi connectivity index (χ0n) is 13.1. The number of aryl methyl sites for hydroxylation is 3. The molecule has 21 heavy (non-hydrogen) atoms. The highest BCUT2D eigenvalue weighted by atomic mass is 16.3. The van der Waals surface area contributed by atoms with Gasteiger partial charge in [-0.05, 0) is 52.3 Å². The summed E-state index contributed by atoms with van der Waals surface area (Å²) in [5.41, 5.74) is 9.23. The van der Waals surface area contributed by atoms with Crippen LogP contribution in [0.2, 0.25) is 0 Å². The van der Waals surface area contributed by atoms with Crippen LogP contribution in [0.4, 0.5) is 5.82 Å². The number of nitrogens with zero attached hydrogens (tertiary/aromatic N) is 3. The molecule has 3 rings (SSSR count). The fraction of sp³-hybridized carbons (Fsp3) is 0.375. The van der Waals surface area contributed by atoms with E-state index < -0.39 is 0 Å². The summed E-state index contributed by atoms with van der Waals surface area (Å²) in [6.45, 7) is 10.1. The van der Waals surface area contributed by atoms with E-state index in [1.165, 1.54) is 0 Å². The number of rotatable bonds is 2. The Balaban J connectivity index is 2.29. The summed E-state index contributed by atoms with van der Waals surface area (Å²) in [4.78, 5) is 8.88. The molecular formula is C16H20N4O. The summed E-state index contributed by atoms with van der Waals surface area (Å²) in [7, 11) is 0. The van der Waals surface area contributed by atoms with Gasteiger partial charge in [-0.25, -0.2) is 9.97 Å². The molecule has 0 aliphatic carbocycles. The molecule has 0 aliphatic rings. The topological polar surface area (TPSA) is 69.9 Å². The van der Waals surface area contributed by atoms with Crippen molar-refractivity contribution < 1.29 is 4.42 Å². The number of fused-ring (bicyclic) bond motifs is 1. The standard InChI is InChI=1S/C16H20N4O/c1-8-6-7-13(21-8)11(4)20-10(3)9(2)14-15(17)18-12(5)19-16(14)20/h6-7,11H,1-5H3,(H2,17,18,19). The monoisotopic (exact) mass is 284 g/mol. The molecule has 110 valence electrons. The molecule has 5 nitrogen and oxygen atoms in total. The van der Waals surface area contributed by atoms with Crippen molar-refractivity contribution >= 4 is 16.9 Å². The van der Waals surface area contributed by atoms with Gasteiger partial charge >= 0.3 is 0 Å². The number of hydrogen-bond donors (Lipinski definition) is 1. The van der Waals surface area contributed by atoms with Crippen LogP contribution in [-0.2, 0) is 0 Å². The fourth-order valence-electron chi connectivity index (χ4n) is 2.91. The van der Waals surface area contributed by atoms with Gasteiger partial charge < -0.3 is 14.7 Å². The molecule has 0 bridgehead atoms. The first-order valence-electron chi connectivity index (χ1n) is 7.07. The molecule has 3 heterocycles. The molecule has 0 radical (unpaired) electrons. The second-order valence-corrected chi connectivity index (χ2v) is 5.56. The van der Waals surface area contributed by atoms with Crippen molar-refractivity contribution in [3.05, 3.63) is 40.7 Å². The molecular weight excluding hydrogens is 264 g/mol. The Morgan fingerprint density at radius 2 is 1.86 bits per heavy atom. The van der Waals surface area contributed by atoms with Crippen LogP contribution in [0, 0.1) is 27.7 Å². The minimum Gasteiger partial charge on any atom is -0.464 e. The molecule has 2 N–H and O–H groups in total. The van der Waals surface area contributed by atoms with Crippen LogP contribution in [0.3, 0.4) is 0 Å². The van der Waals surface area contributed by atoms with E-state index in [1.807, 2.05) is 26.0 Å². The first-order chi connectivity index (χ1) is 9.90. The van der Waals surface area contributed by atoms with Crippen molar-refractivity contribution in [2.45, 2.75) is 40.7 Å². The molecule has 5 heteroatoms. The summed E-state index contributed by atoms with van der Waals surface area (Å²) in [5.74, 6) is 3.05. The summed E-state index contributed by atoms with van der Waals surface area (Å²) in [6, 6.07) is 4.05. The van der Waals surface area contributed by atoms with Gasteiger partial charge in [0.05, 0.1) is 11.4 Å². The SMILES string of the molecule is Cc1nc(N)c2c(C)c(C)n(C(C)c3ccc(C)o3)c2n1. The zero-order valence-corrected chi connectivity index (χ0v) is 13.1. The van der Waals surface area contributed by atoms with Gasteiger partial charge in [0.2, 0.25) is 0 Å².